The maximum absolute atomic E-state index is 12.6. The molecule has 2 heterocycles. The van der Waals surface area contributed by atoms with Crippen LogP contribution in [-0.2, 0) is 24.3 Å². The summed E-state index contributed by atoms with van der Waals surface area (Å²) >= 11 is 0. The van der Waals surface area contributed by atoms with Crippen molar-refractivity contribution in [2.24, 2.45) is 0 Å². The van der Waals surface area contributed by atoms with Crippen molar-refractivity contribution in [3.05, 3.63) is 65.7 Å². The highest BCUT2D eigenvalue weighted by Crippen LogP contribution is 2.15. The van der Waals surface area contributed by atoms with Crippen LogP contribution in [0.3, 0.4) is 0 Å². The van der Waals surface area contributed by atoms with E-state index in [2.05, 4.69) is 20.8 Å². The normalized spacial score (nSPS) is 10.6. The smallest absolute Gasteiger partial charge is 0.338 e. The van der Waals surface area contributed by atoms with Crippen LogP contribution in [-0.4, -0.2) is 49.0 Å². The number of rotatable bonds is 10. The van der Waals surface area contributed by atoms with Crippen molar-refractivity contribution in [2.45, 2.75) is 32.9 Å². The van der Waals surface area contributed by atoms with E-state index in [9.17, 15) is 14.4 Å². The number of carboxylic acids is 1. The minimum atomic E-state index is -1.08. The van der Waals surface area contributed by atoms with E-state index < -0.39 is 5.97 Å². The number of benzene rings is 1. The van der Waals surface area contributed by atoms with E-state index in [1.807, 2.05) is 37.3 Å². The van der Waals surface area contributed by atoms with Gasteiger partial charge in [-0.05, 0) is 18.9 Å². The molecule has 0 aliphatic rings. The van der Waals surface area contributed by atoms with E-state index in [0.717, 1.165) is 5.56 Å². The first-order valence-electron chi connectivity index (χ1n) is 9.91. The fraction of sp³-hybridized carbons (Fsp3) is 0.286. The van der Waals surface area contributed by atoms with Gasteiger partial charge in [-0.3, -0.25) is 19.0 Å². The number of carbonyl (C=O) groups excluding carboxylic acids is 2. The Morgan fingerprint density at radius 1 is 1.10 bits per heavy atom. The summed E-state index contributed by atoms with van der Waals surface area (Å²) in [6.45, 7) is 3.08. The van der Waals surface area contributed by atoms with E-state index in [0.29, 0.717) is 25.2 Å². The second-order valence-electron chi connectivity index (χ2n) is 6.83. The van der Waals surface area contributed by atoms with Crippen LogP contribution in [0.4, 0.5) is 5.69 Å². The highest BCUT2D eigenvalue weighted by molar-refractivity contribution is 6.02. The summed E-state index contributed by atoms with van der Waals surface area (Å²) in [5.74, 6) is -1.77. The molecule has 10 heteroatoms. The molecule has 0 aliphatic carbocycles. The van der Waals surface area contributed by atoms with Crippen molar-refractivity contribution < 1.29 is 19.5 Å². The number of nitrogens with one attached hydrogen (secondary N) is 2. The van der Waals surface area contributed by atoms with Crippen LogP contribution in [0.2, 0.25) is 0 Å². The third-order valence-corrected chi connectivity index (χ3v) is 4.57. The number of anilines is 1. The summed E-state index contributed by atoms with van der Waals surface area (Å²) in [5, 5.41) is 22.6. The van der Waals surface area contributed by atoms with Gasteiger partial charge in [0, 0.05) is 38.4 Å². The molecule has 3 aromatic rings. The Bertz CT molecular complexity index is 1060. The van der Waals surface area contributed by atoms with Gasteiger partial charge in [-0.2, -0.15) is 10.2 Å². The lowest BCUT2D eigenvalue weighted by atomic mass is 10.1. The molecule has 0 saturated heterocycles. The minimum Gasteiger partial charge on any atom is -0.478 e. The second-order valence-corrected chi connectivity index (χ2v) is 6.83. The van der Waals surface area contributed by atoms with E-state index in [4.69, 9.17) is 5.11 Å². The van der Waals surface area contributed by atoms with Crippen LogP contribution < -0.4 is 10.6 Å². The Hall–Kier alpha value is -3.95. The number of hydrogen-bond acceptors (Lipinski definition) is 5. The van der Waals surface area contributed by atoms with Crippen molar-refractivity contribution in [2.75, 3.05) is 11.9 Å². The number of carboxylic acid groups (broad SMARTS) is 1. The SMILES string of the molecule is CCn1cc(NC(=O)CCn2cc(C(=O)O)cn2)c(C(=O)NCCc2ccccc2)n1. The number of aromatic nitrogens is 4. The molecule has 31 heavy (non-hydrogen) atoms. The molecule has 0 atom stereocenters. The molecular weight excluding hydrogens is 400 g/mol. The summed E-state index contributed by atoms with van der Waals surface area (Å²) in [6.07, 6.45) is 4.94. The minimum absolute atomic E-state index is 0.0547. The first kappa shape index (κ1) is 21.8. The molecule has 10 nitrogen and oxygen atoms in total. The highest BCUT2D eigenvalue weighted by Gasteiger charge is 2.18. The van der Waals surface area contributed by atoms with E-state index in [-0.39, 0.29) is 36.0 Å². The average molecular weight is 424 g/mol. The number of carbonyl (C=O) groups is 3. The Morgan fingerprint density at radius 3 is 2.55 bits per heavy atom. The Kier molecular flexibility index (Phi) is 7.15. The molecule has 2 amide bonds. The Balaban J connectivity index is 1.57. The van der Waals surface area contributed by atoms with Crippen LogP contribution in [0.1, 0.15) is 39.8 Å². The van der Waals surface area contributed by atoms with Gasteiger partial charge in [0.2, 0.25) is 5.91 Å². The number of amides is 2. The molecule has 0 fully saturated rings. The van der Waals surface area contributed by atoms with Crippen LogP contribution in [0.15, 0.2) is 48.9 Å². The fourth-order valence-corrected chi connectivity index (χ4v) is 2.92. The standard InChI is InChI=1S/C21H24N6O4/c1-2-26-14-17(24-18(28)9-11-27-13-16(12-23-27)21(30)31)19(25-26)20(29)22-10-8-15-6-4-3-5-7-15/h3-7,12-14H,2,8-11H2,1H3,(H,22,29)(H,24,28)(H,30,31). The van der Waals surface area contributed by atoms with Crippen LogP contribution in [0.25, 0.3) is 0 Å². The average Bonchev–Trinajstić information content (AvgIpc) is 3.40. The maximum Gasteiger partial charge on any atom is 0.338 e. The van der Waals surface area contributed by atoms with Crippen molar-refractivity contribution in [3.63, 3.8) is 0 Å². The molecule has 0 bridgehead atoms. The quantitative estimate of drug-likeness (QED) is 0.455. The summed E-state index contributed by atoms with van der Waals surface area (Å²) in [7, 11) is 0. The van der Waals surface area contributed by atoms with Gasteiger partial charge in [-0.1, -0.05) is 30.3 Å². The van der Waals surface area contributed by atoms with Crippen LogP contribution in [0.5, 0.6) is 0 Å². The van der Waals surface area contributed by atoms with Gasteiger partial charge in [-0.25, -0.2) is 4.79 Å². The summed E-state index contributed by atoms with van der Waals surface area (Å²) < 4.78 is 2.96. The van der Waals surface area contributed by atoms with Gasteiger partial charge in [0.1, 0.15) is 0 Å². The molecule has 162 valence electrons. The summed E-state index contributed by atoms with van der Waals surface area (Å²) in [5.41, 5.74) is 1.64. The molecule has 3 rings (SSSR count). The molecule has 1 aromatic carbocycles. The largest absolute Gasteiger partial charge is 0.478 e. The van der Waals surface area contributed by atoms with Crippen LogP contribution >= 0.6 is 0 Å². The molecule has 0 radical (unpaired) electrons. The van der Waals surface area contributed by atoms with Gasteiger partial charge < -0.3 is 15.7 Å². The Morgan fingerprint density at radius 2 is 1.87 bits per heavy atom. The molecule has 0 aliphatic heterocycles. The van der Waals surface area contributed by atoms with Crippen molar-refractivity contribution >= 4 is 23.5 Å². The number of aromatic carboxylic acids is 1. The zero-order valence-corrected chi connectivity index (χ0v) is 17.1. The van der Waals surface area contributed by atoms with Gasteiger partial charge in [-0.15, -0.1) is 0 Å². The van der Waals surface area contributed by atoms with Crippen molar-refractivity contribution in [1.82, 2.24) is 24.9 Å². The number of hydrogen-bond donors (Lipinski definition) is 3. The fourth-order valence-electron chi connectivity index (χ4n) is 2.92. The first-order valence-corrected chi connectivity index (χ1v) is 9.91. The number of aryl methyl sites for hydroxylation is 2. The maximum atomic E-state index is 12.6. The lowest BCUT2D eigenvalue weighted by Crippen LogP contribution is -2.27. The zero-order valence-electron chi connectivity index (χ0n) is 17.1. The predicted molar refractivity (Wildman–Crippen MR) is 113 cm³/mol. The molecule has 0 spiro atoms. The predicted octanol–water partition coefficient (Wildman–Crippen LogP) is 1.80. The lowest BCUT2D eigenvalue weighted by molar-refractivity contribution is -0.116. The van der Waals surface area contributed by atoms with Gasteiger partial charge in [0.25, 0.3) is 5.91 Å². The van der Waals surface area contributed by atoms with Gasteiger partial charge >= 0.3 is 5.97 Å². The van der Waals surface area contributed by atoms with E-state index >= 15 is 0 Å². The monoisotopic (exact) mass is 424 g/mol. The molecule has 3 N–H and O–H groups in total. The second kappa shape index (κ2) is 10.2. The van der Waals surface area contributed by atoms with E-state index in [1.165, 1.54) is 17.1 Å². The third kappa shape index (κ3) is 6.01. The molecule has 0 unspecified atom stereocenters. The molecular formula is C21H24N6O4. The summed E-state index contributed by atoms with van der Waals surface area (Å²) in [4.78, 5) is 35.9. The molecule has 0 saturated carbocycles. The van der Waals surface area contributed by atoms with Gasteiger partial charge in [0.05, 0.1) is 17.4 Å². The van der Waals surface area contributed by atoms with Crippen molar-refractivity contribution in [1.29, 1.82) is 0 Å². The van der Waals surface area contributed by atoms with E-state index in [1.54, 1.807) is 10.9 Å². The topological polar surface area (TPSA) is 131 Å². The summed E-state index contributed by atoms with van der Waals surface area (Å²) in [6, 6.07) is 9.80. The molecule has 2 aromatic heterocycles. The highest BCUT2D eigenvalue weighted by atomic mass is 16.4. The van der Waals surface area contributed by atoms with Gasteiger partial charge in [0.15, 0.2) is 5.69 Å². The Labute approximate surface area is 178 Å². The first-order chi connectivity index (χ1) is 15.0. The van der Waals surface area contributed by atoms with Crippen molar-refractivity contribution in [3.8, 4) is 0 Å². The number of nitrogens with zero attached hydrogens (tertiary/aromatic N) is 4. The lowest BCUT2D eigenvalue weighted by Gasteiger charge is -2.07. The van der Waals surface area contributed by atoms with Crippen LogP contribution in [0, 0.1) is 0 Å². The third-order valence-electron chi connectivity index (χ3n) is 4.57. The zero-order chi connectivity index (χ0) is 22.2.